The summed E-state index contributed by atoms with van der Waals surface area (Å²) < 4.78 is 0. The first-order valence-corrected chi connectivity index (χ1v) is 7.19. The predicted molar refractivity (Wildman–Crippen MR) is 93.1 cm³/mol. The van der Waals surface area contributed by atoms with E-state index in [1.54, 1.807) is 0 Å². The molecule has 0 fully saturated rings. The van der Waals surface area contributed by atoms with Gasteiger partial charge in [0.15, 0.2) is 0 Å². The second-order valence-electron chi connectivity index (χ2n) is 4.91. The van der Waals surface area contributed by atoms with Crippen molar-refractivity contribution in [1.29, 1.82) is 0 Å². The Kier molecular flexibility index (Phi) is 5.65. The van der Waals surface area contributed by atoms with Crippen LogP contribution >= 0.6 is 0 Å². The van der Waals surface area contributed by atoms with E-state index in [-0.39, 0.29) is 0 Å². The van der Waals surface area contributed by atoms with Gasteiger partial charge < -0.3 is 10.6 Å². The lowest BCUT2D eigenvalue weighted by atomic mass is 10.0. The Morgan fingerprint density at radius 2 is 1.05 bits per heavy atom. The van der Waals surface area contributed by atoms with Gasteiger partial charge in [-0.25, -0.2) is 0 Å². The summed E-state index contributed by atoms with van der Waals surface area (Å²) in [6, 6.07) is 17.1. The van der Waals surface area contributed by atoms with E-state index in [1.165, 1.54) is 11.1 Å². The quantitative estimate of drug-likeness (QED) is 0.696. The van der Waals surface area contributed by atoms with Gasteiger partial charge in [-0.3, -0.25) is 0 Å². The minimum atomic E-state index is 0.790. The van der Waals surface area contributed by atoms with Crippen LogP contribution < -0.4 is 10.6 Å². The maximum absolute atomic E-state index is 3.70. The summed E-state index contributed by atoms with van der Waals surface area (Å²) in [6.07, 6.45) is 4.66. The fourth-order valence-electron chi connectivity index (χ4n) is 2.10. The van der Waals surface area contributed by atoms with Crippen molar-refractivity contribution in [3.8, 4) is 0 Å². The number of hydrogen-bond acceptors (Lipinski definition) is 2. The highest BCUT2D eigenvalue weighted by Crippen LogP contribution is 2.15. The van der Waals surface area contributed by atoms with Gasteiger partial charge in [0.05, 0.1) is 0 Å². The molecule has 108 valence electrons. The first-order valence-electron chi connectivity index (χ1n) is 7.19. The zero-order valence-corrected chi connectivity index (χ0v) is 12.3. The average molecular weight is 278 g/mol. The summed E-state index contributed by atoms with van der Waals surface area (Å²) in [5.74, 6) is 0. The van der Waals surface area contributed by atoms with Gasteiger partial charge in [-0.15, -0.1) is 13.2 Å². The molecule has 0 atom stereocenters. The lowest BCUT2D eigenvalue weighted by Crippen LogP contribution is -1.98. The third kappa shape index (κ3) is 4.84. The molecule has 0 saturated heterocycles. The molecule has 2 nitrogen and oxygen atoms in total. The molecule has 0 aliphatic carbocycles. The second kappa shape index (κ2) is 7.95. The van der Waals surface area contributed by atoms with Crippen molar-refractivity contribution in [2.45, 2.75) is 6.42 Å². The minimum Gasteiger partial charge on any atom is -0.382 e. The van der Waals surface area contributed by atoms with E-state index in [0.29, 0.717) is 0 Å². The maximum Gasteiger partial charge on any atom is 0.0342 e. The molecular weight excluding hydrogens is 256 g/mol. The zero-order valence-electron chi connectivity index (χ0n) is 12.3. The van der Waals surface area contributed by atoms with Gasteiger partial charge >= 0.3 is 0 Å². The molecule has 0 aliphatic heterocycles. The van der Waals surface area contributed by atoms with Crippen molar-refractivity contribution >= 4 is 11.4 Å². The van der Waals surface area contributed by atoms with Gasteiger partial charge in [-0.1, -0.05) is 36.4 Å². The number of hydrogen-bond donors (Lipinski definition) is 2. The number of benzene rings is 2. The molecule has 2 aromatic rings. The van der Waals surface area contributed by atoms with Crippen molar-refractivity contribution in [2.24, 2.45) is 0 Å². The molecule has 2 heteroatoms. The van der Waals surface area contributed by atoms with Gasteiger partial charge in [-0.05, 0) is 41.8 Å². The topological polar surface area (TPSA) is 24.1 Å². The molecule has 0 heterocycles. The van der Waals surface area contributed by atoms with Crippen LogP contribution in [-0.4, -0.2) is 13.1 Å². The molecule has 21 heavy (non-hydrogen) atoms. The molecule has 0 bridgehead atoms. The van der Waals surface area contributed by atoms with Gasteiger partial charge in [0.25, 0.3) is 0 Å². The molecule has 0 unspecified atom stereocenters. The second-order valence-corrected chi connectivity index (χ2v) is 4.91. The third-order valence-electron chi connectivity index (χ3n) is 3.22. The molecule has 0 amide bonds. The summed E-state index contributed by atoms with van der Waals surface area (Å²) >= 11 is 0. The van der Waals surface area contributed by atoms with Crippen molar-refractivity contribution in [3.63, 3.8) is 0 Å². The Balaban J connectivity index is 1.94. The van der Waals surface area contributed by atoms with E-state index in [9.17, 15) is 0 Å². The molecule has 2 N–H and O–H groups in total. The molecule has 2 rings (SSSR count). The molecule has 0 aliphatic rings. The van der Waals surface area contributed by atoms with E-state index in [2.05, 4.69) is 72.3 Å². The maximum atomic E-state index is 3.70. The van der Waals surface area contributed by atoms with E-state index < -0.39 is 0 Å². The van der Waals surface area contributed by atoms with Crippen LogP contribution in [0.3, 0.4) is 0 Å². The molecule has 0 spiro atoms. The molecule has 0 aromatic heterocycles. The molecule has 0 radical (unpaired) electrons. The van der Waals surface area contributed by atoms with Crippen molar-refractivity contribution in [2.75, 3.05) is 23.7 Å². The summed E-state index contributed by atoms with van der Waals surface area (Å²) in [7, 11) is 0. The highest BCUT2D eigenvalue weighted by molar-refractivity contribution is 5.48. The summed E-state index contributed by atoms with van der Waals surface area (Å²) in [5, 5.41) is 6.56. The predicted octanol–water partition coefficient (Wildman–Crippen LogP) is 4.47. The van der Waals surface area contributed by atoms with Crippen LogP contribution in [0.4, 0.5) is 11.4 Å². The highest BCUT2D eigenvalue weighted by atomic mass is 14.9. The summed E-state index contributed by atoms with van der Waals surface area (Å²) in [5.41, 5.74) is 4.88. The Labute approximate surface area is 127 Å². The third-order valence-corrected chi connectivity index (χ3v) is 3.22. The first kappa shape index (κ1) is 14.9. The van der Waals surface area contributed by atoms with Crippen LogP contribution in [0.15, 0.2) is 73.8 Å². The van der Waals surface area contributed by atoms with Crippen LogP contribution in [0.1, 0.15) is 11.1 Å². The van der Waals surface area contributed by atoms with Gasteiger partial charge in [0.1, 0.15) is 0 Å². The van der Waals surface area contributed by atoms with Gasteiger partial charge in [0, 0.05) is 24.5 Å². The van der Waals surface area contributed by atoms with Gasteiger partial charge in [0.2, 0.25) is 0 Å². The smallest absolute Gasteiger partial charge is 0.0342 e. The molecular formula is C19H22N2. The SMILES string of the molecule is C=CCNc1ccc(Cc2ccc(NCC=C)cc2)cc1. The Hall–Kier alpha value is -2.48. The van der Waals surface area contributed by atoms with Crippen molar-refractivity contribution in [1.82, 2.24) is 0 Å². The summed E-state index contributed by atoms with van der Waals surface area (Å²) in [4.78, 5) is 0. The van der Waals surface area contributed by atoms with E-state index in [1.807, 2.05) is 12.2 Å². The van der Waals surface area contributed by atoms with Crippen LogP contribution in [0.25, 0.3) is 0 Å². The van der Waals surface area contributed by atoms with Crippen LogP contribution in [0.2, 0.25) is 0 Å². The summed E-state index contributed by atoms with van der Waals surface area (Å²) in [6.45, 7) is 8.98. The highest BCUT2D eigenvalue weighted by Gasteiger charge is 1.98. The van der Waals surface area contributed by atoms with E-state index >= 15 is 0 Å². The van der Waals surface area contributed by atoms with Gasteiger partial charge in [-0.2, -0.15) is 0 Å². The number of anilines is 2. The van der Waals surface area contributed by atoms with E-state index in [0.717, 1.165) is 30.9 Å². The van der Waals surface area contributed by atoms with Crippen LogP contribution in [0, 0.1) is 0 Å². The molecule has 0 saturated carbocycles. The number of rotatable bonds is 8. The lowest BCUT2D eigenvalue weighted by molar-refractivity contribution is 1.19. The number of nitrogens with one attached hydrogen (secondary N) is 2. The zero-order chi connectivity index (χ0) is 14.9. The average Bonchev–Trinajstić information content (AvgIpc) is 2.53. The Morgan fingerprint density at radius 3 is 1.38 bits per heavy atom. The normalized spacial score (nSPS) is 9.90. The van der Waals surface area contributed by atoms with E-state index in [4.69, 9.17) is 0 Å². The minimum absolute atomic E-state index is 0.790. The fraction of sp³-hybridized carbons (Fsp3) is 0.158. The molecule has 2 aromatic carbocycles. The lowest BCUT2D eigenvalue weighted by Gasteiger charge is -2.07. The Bertz CT molecular complexity index is 514. The van der Waals surface area contributed by atoms with Crippen molar-refractivity contribution in [3.05, 3.63) is 85.0 Å². The Morgan fingerprint density at radius 1 is 0.667 bits per heavy atom. The standard InChI is InChI=1S/C19H22N2/c1-3-13-20-18-9-5-16(6-10-18)15-17-7-11-19(12-8-17)21-14-4-2/h3-12,20-21H,1-2,13-15H2. The fourth-order valence-corrected chi connectivity index (χ4v) is 2.10. The van der Waals surface area contributed by atoms with Crippen LogP contribution in [-0.2, 0) is 6.42 Å². The first-order chi connectivity index (χ1) is 10.3. The largest absolute Gasteiger partial charge is 0.382 e. The van der Waals surface area contributed by atoms with Crippen LogP contribution in [0.5, 0.6) is 0 Å². The van der Waals surface area contributed by atoms with Crippen molar-refractivity contribution < 1.29 is 0 Å². The monoisotopic (exact) mass is 278 g/mol.